The van der Waals surface area contributed by atoms with Gasteiger partial charge in [0.2, 0.25) is 0 Å². The van der Waals surface area contributed by atoms with Crippen molar-refractivity contribution in [3.8, 4) is 0 Å². The number of rotatable bonds is 6. The van der Waals surface area contributed by atoms with E-state index < -0.39 is 0 Å². The van der Waals surface area contributed by atoms with Gasteiger partial charge in [-0.3, -0.25) is 4.79 Å². The van der Waals surface area contributed by atoms with E-state index in [0.717, 1.165) is 29.7 Å². The van der Waals surface area contributed by atoms with Crippen LogP contribution in [0, 0.1) is 23.7 Å². The molecule has 1 aliphatic rings. The van der Waals surface area contributed by atoms with Crippen molar-refractivity contribution in [1.82, 2.24) is 14.9 Å². The predicted molar refractivity (Wildman–Crippen MR) is 127 cm³/mol. The van der Waals surface area contributed by atoms with Crippen molar-refractivity contribution in [3.63, 3.8) is 0 Å². The Morgan fingerprint density at radius 3 is 2.55 bits per heavy atom. The first-order valence-corrected chi connectivity index (χ1v) is 11.4. The summed E-state index contributed by atoms with van der Waals surface area (Å²) in [6.45, 7) is 7.54. The van der Waals surface area contributed by atoms with Gasteiger partial charge in [0.05, 0.1) is 11.0 Å². The van der Waals surface area contributed by atoms with Crippen molar-refractivity contribution in [2.24, 2.45) is 30.7 Å². The molecule has 3 aromatic rings. The SMILES string of the molecule is CC1=C[C@@H](CNC(=O)c2ccccc2)[C@H](C(C)C)C[C@H]1Cc1nc2ccccc2n1C. The van der Waals surface area contributed by atoms with Gasteiger partial charge in [-0.2, -0.15) is 0 Å². The number of fused-ring (bicyclic) bond motifs is 1. The Hall–Kier alpha value is -2.88. The van der Waals surface area contributed by atoms with Crippen molar-refractivity contribution in [2.45, 2.75) is 33.6 Å². The molecule has 4 nitrogen and oxygen atoms in total. The van der Waals surface area contributed by atoms with Gasteiger partial charge in [0.25, 0.3) is 5.91 Å². The monoisotopic (exact) mass is 415 g/mol. The average molecular weight is 416 g/mol. The van der Waals surface area contributed by atoms with Crippen LogP contribution in [0.1, 0.15) is 43.4 Å². The second kappa shape index (κ2) is 9.09. The molecule has 4 heteroatoms. The third kappa shape index (κ3) is 4.58. The lowest BCUT2D eigenvalue weighted by Crippen LogP contribution is -2.37. The largest absolute Gasteiger partial charge is 0.351 e. The third-order valence-corrected chi connectivity index (χ3v) is 6.93. The molecule has 0 saturated heterocycles. The number of aromatic nitrogens is 2. The zero-order valence-electron chi connectivity index (χ0n) is 19.0. The van der Waals surface area contributed by atoms with Gasteiger partial charge >= 0.3 is 0 Å². The quantitative estimate of drug-likeness (QED) is 0.548. The summed E-state index contributed by atoms with van der Waals surface area (Å²) in [6.07, 6.45) is 4.50. The van der Waals surface area contributed by atoms with Gasteiger partial charge in [-0.1, -0.05) is 55.8 Å². The van der Waals surface area contributed by atoms with Crippen LogP contribution >= 0.6 is 0 Å². The molecular formula is C27H33N3O. The van der Waals surface area contributed by atoms with Crippen molar-refractivity contribution in [2.75, 3.05) is 6.54 Å². The number of nitrogens with zero attached hydrogens (tertiary/aromatic N) is 2. The summed E-state index contributed by atoms with van der Waals surface area (Å²) in [5, 5.41) is 3.17. The molecule has 0 spiro atoms. The van der Waals surface area contributed by atoms with E-state index in [4.69, 9.17) is 4.98 Å². The number of allylic oxidation sites excluding steroid dienone is 1. The average Bonchev–Trinajstić information content (AvgIpc) is 3.09. The number of hydrogen-bond donors (Lipinski definition) is 1. The zero-order chi connectivity index (χ0) is 22.0. The van der Waals surface area contributed by atoms with E-state index in [1.165, 1.54) is 11.1 Å². The molecule has 0 fully saturated rings. The fraction of sp³-hybridized carbons (Fsp3) is 0.407. The van der Waals surface area contributed by atoms with Crippen molar-refractivity contribution >= 4 is 16.9 Å². The van der Waals surface area contributed by atoms with Gasteiger partial charge < -0.3 is 9.88 Å². The van der Waals surface area contributed by atoms with Gasteiger partial charge in [-0.15, -0.1) is 0 Å². The Balaban J connectivity index is 1.49. The van der Waals surface area contributed by atoms with E-state index in [9.17, 15) is 4.79 Å². The Morgan fingerprint density at radius 1 is 1.13 bits per heavy atom. The fourth-order valence-corrected chi connectivity index (χ4v) is 5.01. The second-order valence-electron chi connectivity index (χ2n) is 9.27. The highest BCUT2D eigenvalue weighted by Gasteiger charge is 2.32. The minimum Gasteiger partial charge on any atom is -0.351 e. The number of hydrogen-bond acceptors (Lipinski definition) is 2. The summed E-state index contributed by atoms with van der Waals surface area (Å²) in [5.74, 6) is 3.12. The Labute approximate surface area is 185 Å². The van der Waals surface area contributed by atoms with Crippen LogP contribution in [-0.4, -0.2) is 22.0 Å². The topological polar surface area (TPSA) is 46.9 Å². The first-order chi connectivity index (χ1) is 14.9. The predicted octanol–water partition coefficient (Wildman–Crippen LogP) is 5.40. The molecule has 0 bridgehead atoms. The van der Waals surface area contributed by atoms with E-state index in [2.05, 4.69) is 62.0 Å². The molecule has 4 rings (SSSR count). The summed E-state index contributed by atoms with van der Waals surface area (Å²) in [6, 6.07) is 17.8. The van der Waals surface area contributed by atoms with Gasteiger partial charge in [0.15, 0.2) is 0 Å². The summed E-state index contributed by atoms with van der Waals surface area (Å²) >= 11 is 0. The number of para-hydroxylation sites is 2. The second-order valence-corrected chi connectivity index (χ2v) is 9.27. The number of nitrogens with one attached hydrogen (secondary N) is 1. The number of aryl methyl sites for hydroxylation is 1. The van der Waals surface area contributed by atoms with Crippen LogP contribution in [0.4, 0.5) is 0 Å². The minimum absolute atomic E-state index is 0.0102. The lowest BCUT2D eigenvalue weighted by molar-refractivity contribution is 0.0939. The van der Waals surface area contributed by atoms with Crippen LogP contribution in [0.15, 0.2) is 66.2 Å². The summed E-state index contributed by atoms with van der Waals surface area (Å²) < 4.78 is 2.24. The van der Waals surface area contributed by atoms with Crippen LogP contribution in [0.2, 0.25) is 0 Å². The van der Waals surface area contributed by atoms with Crippen LogP contribution in [-0.2, 0) is 13.5 Å². The summed E-state index contributed by atoms with van der Waals surface area (Å²) in [5.41, 5.74) is 4.40. The van der Waals surface area contributed by atoms with E-state index in [0.29, 0.717) is 30.2 Å². The summed E-state index contributed by atoms with van der Waals surface area (Å²) in [7, 11) is 2.12. The van der Waals surface area contributed by atoms with Gasteiger partial charge in [-0.05, 0) is 61.3 Å². The third-order valence-electron chi connectivity index (χ3n) is 6.93. The standard InChI is InChI=1S/C27H33N3O/c1-18(2)23-15-21(16-26-29-24-12-8-9-13-25(24)30(26)4)19(3)14-22(23)17-28-27(31)20-10-6-5-7-11-20/h5-14,18,21-23H,15-17H2,1-4H3,(H,28,31)/t21-,22-,23-/m0/s1. The molecule has 0 radical (unpaired) electrons. The molecule has 1 amide bonds. The zero-order valence-corrected chi connectivity index (χ0v) is 19.0. The molecule has 2 aromatic carbocycles. The highest BCUT2D eigenvalue weighted by atomic mass is 16.1. The number of amides is 1. The molecule has 31 heavy (non-hydrogen) atoms. The molecule has 1 aromatic heterocycles. The molecule has 1 heterocycles. The molecule has 0 saturated carbocycles. The highest BCUT2D eigenvalue weighted by Crippen LogP contribution is 2.38. The van der Waals surface area contributed by atoms with Crippen LogP contribution in [0.5, 0.6) is 0 Å². The maximum Gasteiger partial charge on any atom is 0.251 e. The Kier molecular flexibility index (Phi) is 6.26. The number of carbonyl (C=O) groups is 1. The Bertz CT molecular complexity index is 1080. The molecule has 0 aliphatic heterocycles. The van der Waals surface area contributed by atoms with Crippen molar-refractivity contribution < 1.29 is 4.79 Å². The van der Waals surface area contributed by atoms with E-state index in [1.807, 2.05) is 36.4 Å². The fourth-order valence-electron chi connectivity index (χ4n) is 5.01. The Morgan fingerprint density at radius 2 is 1.84 bits per heavy atom. The maximum absolute atomic E-state index is 12.5. The first kappa shape index (κ1) is 21.4. The number of imidazole rings is 1. The van der Waals surface area contributed by atoms with Crippen LogP contribution < -0.4 is 5.32 Å². The van der Waals surface area contributed by atoms with Gasteiger partial charge in [-0.25, -0.2) is 4.98 Å². The normalized spacial score (nSPS) is 21.3. The maximum atomic E-state index is 12.5. The van der Waals surface area contributed by atoms with Crippen LogP contribution in [0.3, 0.4) is 0 Å². The molecule has 1 N–H and O–H groups in total. The molecular weight excluding hydrogens is 382 g/mol. The number of benzene rings is 2. The molecule has 162 valence electrons. The lowest BCUT2D eigenvalue weighted by atomic mass is 9.69. The highest BCUT2D eigenvalue weighted by molar-refractivity contribution is 5.94. The van der Waals surface area contributed by atoms with Crippen molar-refractivity contribution in [3.05, 3.63) is 77.6 Å². The molecule has 3 atom stereocenters. The van der Waals surface area contributed by atoms with Gasteiger partial charge in [0, 0.05) is 25.6 Å². The van der Waals surface area contributed by atoms with Crippen LogP contribution in [0.25, 0.3) is 11.0 Å². The molecule has 0 unspecified atom stereocenters. The molecule has 1 aliphatic carbocycles. The van der Waals surface area contributed by atoms with Gasteiger partial charge in [0.1, 0.15) is 5.82 Å². The van der Waals surface area contributed by atoms with E-state index in [1.54, 1.807) is 0 Å². The first-order valence-electron chi connectivity index (χ1n) is 11.4. The summed E-state index contributed by atoms with van der Waals surface area (Å²) in [4.78, 5) is 17.4. The number of carbonyl (C=O) groups excluding carboxylic acids is 1. The van der Waals surface area contributed by atoms with E-state index in [-0.39, 0.29) is 5.91 Å². The smallest absolute Gasteiger partial charge is 0.251 e. The lowest BCUT2D eigenvalue weighted by Gasteiger charge is -2.37. The minimum atomic E-state index is 0.0102. The van der Waals surface area contributed by atoms with E-state index >= 15 is 0 Å². The van der Waals surface area contributed by atoms with Crippen molar-refractivity contribution in [1.29, 1.82) is 0 Å².